The molecule has 4 heteroatoms. The molecule has 0 atom stereocenters. The van der Waals surface area contributed by atoms with Gasteiger partial charge in [-0.1, -0.05) is 47.4 Å². The summed E-state index contributed by atoms with van der Waals surface area (Å²) in [6, 6.07) is 5.37. The van der Waals surface area contributed by atoms with E-state index in [1.54, 1.807) is 12.1 Å². The van der Waals surface area contributed by atoms with E-state index in [-0.39, 0.29) is 11.3 Å². The minimum Gasteiger partial charge on any atom is -0.352 e. The molecule has 0 aliphatic rings. The molecule has 0 saturated heterocycles. The fourth-order valence-corrected chi connectivity index (χ4v) is 2.75. The molecule has 1 aromatic carbocycles. The van der Waals surface area contributed by atoms with Gasteiger partial charge in [0.05, 0.1) is 0 Å². The Bertz CT molecular complexity index is 432. The van der Waals surface area contributed by atoms with Crippen LogP contribution in [-0.2, 0) is 0 Å². The first-order valence-electron chi connectivity index (χ1n) is 5.96. The summed E-state index contributed by atoms with van der Waals surface area (Å²) in [7, 11) is 0. The van der Waals surface area contributed by atoms with E-state index in [0.717, 1.165) is 17.3 Å². The average Bonchev–Trinajstić information content (AvgIpc) is 2.30. The van der Waals surface area contributed by atoms with Gasteiger partial charge in [-0.2, -0.15) is 0 Å². The number of alkyl halides is 1. The van der Waals surface area contributed by atoms with Crippen LogP contribution in [-0.4, -0.2) is 17.8 Å². The highest BCUT2D eigenvalue weighted by molar-refractivity contribution is 9.09. The van der Waals surface area contributed by atoms with Gasteiger partial charge >= 0.3 is 0 Å². The van der Waals surface area contributed by atoms with Crippen LogP contribution in [0, 0.1) is 12.3 Å². The van der Waals surface area contributed by atoms with Crippen LogP contribution < -0.4 is 5.32 Å². The number of aryl methyl sites for hydroxylation is 1. The number of nitrogens with one attached hydrogen (secondary N) is 1. The number of carbonyl (C=O) groups is 1. The summed E-state index contributed by atoms with van der Waals surface area (Å²) in [6.45, 7) is 6.85. The quantitative estimate of drug-likeness (QED) is 0.805. The van der Waals surface area contributed by atoms with Crippen molar-refractivity contribution < 1.29 is 4.79 Å². The molecule has 0 bridgehead atoms. The number of benzene rings is 1. The molecule has 0 aromatic heterocycles. The van der Waals surface area contributed by atoms with Crippen molar-refractivity contribution in [3.63, 3.8) is 0 Å². The first-order valence-corrected chi connectivity index (χ1v) is 7.46. The van der Waals surface area contributed by atoms with E-state index in [1.807, 2.05) is 13.0 Å². The smallest absolute Gasteiger partial charge is 0.251 e. The summed E-state index contributed by atoms with van der Waals surface area (Å²) in [6.07, 6.45) is 1.02. The highest BCUT2D eigenvalue weighted by atomic mass is 79.9. The topological polar surface area (TPSA) is 29.1 Å². The Hall–Kier alpha value is -0.540. The van der Waals surface area contributed by atoms with E-state index < -0.39 is 0 Å². The van der Waals surface area contributed by atoms with Crippen molar-refractivity contribution in [2.75, 3.05) is 11.9 Å². The van der Waals surface area contributed by atoms with Crippen molar-refractivity contribution in [3.8, 4) is 0 Å². The molecule has 2 nitrogen and oxygen atoms in total. The summed E-state index contributed by atoms with van der Waals surface area (Å²) >= 11 is 9.44. The molecule has 18 heavy (non-hydrogen) atoms. The molecule has 1 aromatic rings. The lowest BCUT2D eigenvalue weighted by atomic mass is 9.90. The number of hydrogen-bond acceptors (Lipinski definition) is 1. The lowest BCUT2D eigenvalue weighted by molar-refractivity contribution is 0.0936. The Morgan fingerprint density at radius 1 is 1.44 bits per heavy atom. The van der Waals surface area contributed by atoms with Crippen LogP contribution in [0.2, 0.25) is 5.02 Å². The highest BCUT2D eigenvalue weighted by Crippen LogP contribution is 2.21. The van der Waals surface area contributed by atoms with Crippen molar-refractivity contribution in [3.05, 3.63) is 34.3 Å². The molecule has 0 aliphatic carbocycles. The number of amides is 1. The maximum Gasteiger partial charge on any atom is 0.251 e. The summed E-state index contributed by atoms with van der Waals surface area (Å²) in [4.78, 5) is 12.0. The van der Waals surface area contributed by atoms with Gasteiger partial charge in [-0.25, -0.2) is 0 Å². The van der Waals surface area contributed by atoms with Gasteiger partial charge in [0.25, 0.3) is 5.91 Å². The van der Waals surface area contributed by atoms with Crippen LogP contribution in [0.15, 0.2) is 18.2 Å². The number of halogens is 2. The van der Waals surface area contributed by atoms with Gasteiger partial charge in [-0.3, -0.25) is 4.79 Å². The molecular formula is C14H19BrClNO. The first-order chi connectivity index (χ1) is 8.35. The monoisotopic (exact) mass is 331 g/mol. The number of hydrogen-bond donors (Lipinski definition) is 1. The summed E-state index contributed by atoms with van der Waals surface area (Å²) in [5.41, 5.74) is 1.68. The third-order valence-electron chi connectivity index (χ3n) is 2.93. The Kier molecular flexibility index (Phi) is 5.67. The van der Waals surface area contributed by atoms with Crippen LogP contribution in [0.5, 0.6) is 0 Å². The van der Waals surface area contributed by atoms with Crippen molar-refractivity contribution in [2.45, 2.75) is 27.2 Å². The van der Waals surface area contributed by atoms with Crippen molar-refractivity contribution >= 4 is 33.4 Å². The van der Waals surface area contributed by atoms with E-state index in [1.165, 1.54) is 0 Å². The van der Waals surface area contributed by atoms with E-state index in [4.69, 9.17) is 11.6 Å². The van der Waals surface area contributed by atoms with Gasteiger partial charge in [0.2, 0.25) is 0 Å². The second kappa shape index (κ2) is 6.58. The molecule has 0 fully saturated rings. The predicted octanol–water partition coefficient (Wildman–Crippen LogP) is 4.19. The minimum absolute atomic E-state index is 0.0699. The SMILES string of the molecule is Cc1ccc(C(=O)NCC(C)(C)CCBr)cc1Cl. The summed E-state index contributed by atoms with van der Waals surface area (Å²) in [5.74, 6) is -0.0699. The molecule has 100 valence electrons. The highest BCUT2D eigenvalue weighted by Gasteiger charge is 2.18. The fraction of sp³-hybridized carbons (Fsp3) is 0.500. The van der Waals surface area contributed by atoms with Crippen LogP contribution in [0.1, 0.15) is 36.2 Å². The average molecular weight is 333 g/mol. The Morgan fingerprint density at radius 2 is 2.11 bits per heavy atom. The van der Waals surface area contributed by atoms with E-state index in [2.05, 4.69) is 35.1 Å². The Labute approximate surface area is 122 Å². The molecule has 0 spiro atoms. The van der Waals surface area contributed by atoms with Crippen molar-refractivity contribution in [1.82, 2.24) is 5.32 Å². The summed E-state index contributed by atoms with van der Waals surface area (Å²) in [5, 5.41) is 4.52. The molecular weight excluding hydrogens is 314 g/mol. The predicted molar refractivity (Wildman–Crippen MR) is 80.7 cm³/mol. The zero-order chi connectivity index (χ0) is 13.8. The summed E-state index contributed by atoms with van der Waals surface area (Å²) < 4.78 is 0. The van der Waals surface area contributed by atoms with E-state index in [0.29, 0.717) is 17.1 Å². The zero-order valence-corrected chi connectivity index (χ0v) is 13.4. The standard InChI is InChI=1S/C14H19BrClNO/c1-10-4-5-11(8-12(10)16)13(18)17-9-14(2,3)6-7-15/h4-5,8H,6-7,9H2,1-3H3,(H,17,18). The molecule has 1 amide bonds. The van der Waals surface area contributed by atoms with E-state index in [9.17, 15) is 4.79 Å². The van der Waals surface area contributed by atoms with Crippen LogP contribution in [0.3, 0.4) is 0 Å². The molecule has 0 radical (unpaired) electrons. The van der Waals surface area contributed by atoms with E-state index >= 15 is 0 Å². The molecule has 0 unspecified atom stereocenters. The molecule has 1 rings (SSSR count). The van der Waals surface area contributed by atoms with Crippen LogP contribution >= 0.6 is 27.5 Å². The maximum absolute atomic E-state index is 12.0. The third kappa shape index (κ3) is 4.62. The lowest BCUT2D eigenvalue weighted by Gasteiger charge is -2.23. The van der Waals surface area contributed by atoms with Gasteiger partial charge in [-0.05, 0) is 36.5 Å². The third-order valence-corrected chi connectivity index (χ3v) is 3.74. The Morgan fingerprint density at radius 3 is 2.67 bits per heavy atom. The van der Waals surface area contributed by atoms with Gasteiger partial charge < -0.3 is 5.32 Å². The largest absolute Gasteiger partial charge is 0.352 e. The minimum atomic E-state index is -0.0699. The van der Waals surface area contributed by atoms with Gasteiger partial charge in [0.15, 0.2) is 0 Å². The van der Waals surface area contributed by atoms with Gasteiger partial charge in [0, 0.05) is 22.5 Å². The number of carbonyl (C=O) groups excluding carboxylic acids is 1. The van der Waals surface area contributed by atoms with Crippen LogP contribution in [0.4, 0.5) is 0 Å². The number of rotatable bonds is 5. The van der Waals surface area contributed by atoms with Gasteiger partial charge in [-0.15, -0.1) is 0 Å². The van der Waals surface area contributed by atoms with Crippen molar-refractivity contribution in [1.29, 1.82) is 0 Å². The van der Waals surface area contributed by atoms with Crippen molar-refractivity contribution in [2.24, 2.45) is 5.41 Å². The first kappa shape index (κ1) is 15.5. The van der Waals surface area contributed by atoms with Gasteiger partial charge in [0.1, 0.15) is 0 Å². The second-order valence-electron chi connectivity index (χ2n) is 5.25. The normalized spacial score (nSPS) is 11.4. The molecule has 1 N–H and O–H groups in total. The maximum atomic E-state index is 12.0. The zero-order valence-electron chi connectivity index (χ0n) is 11.0. The molecule has 0 heterocycles. The second-order valence-corrected chi connectivity index (χ2v) is 6.45. The molecule has 0 aliphatic heterocycles. The Balaban J connectivity index is 2.63. The molecule has 0 saturated carbocycles. The fourth-order valence-electron chi connectivity index (χ4n) is 1.50. The van der Waals surface area contributed by atoms with Crippen LogP contribution in [0.25, 0.3) is 0 Å². The lowest BCUT2D eigenvalue weighted by Crippen LogP contribution is -2.34.